The lowest BCUT2D eigenvalue weighted by molar-refractivity contribution is -0.207. The van der Waals surface area contributed by atoms with Gasteiger partial charge in [0.15, 0.2) is 17.9 Å². The van der Waals surface area contributed by atoms with Crippen LogP contribution in [-0.4, -0.2) is 30.4 Å². The van der Waals surface area contributed by atoms with Gasteiger partial charge in [-0.25, -0.2) is 8.78 Å². The zero-order valence-electron chi connectivity index (χ0n) is 18.7. The van der Waals surface area contributed by atoms with E-state index in [0.29, 0.717) is 18.8 Å². The van der Waals surface area contributed by atoms with Gasteiger partial charge in [0.25, 0.3) is 0 Å². The first kappa shape index (κ1) is 24.8. The highest BCUT2D eigenvalue weighted by molar-refractivity contribution is 6.59. The normalized spacial score (nSPS) is 18.7. The average Bonchev–Trinajstić information content (AvgIpc) is 2.81. The smallest absolute Gasteiger partial charge is 0.423 e. The molecule has 2 N–H and O–H groups in total. The van der Waals surface area contributed by atoms with Crippen LogP contribution in [0, 0.1) is 17.6 Å². The van der Waals surface area contributed by atoms with E-state index in [-0.39, 0.29) is 22.5 Å². The number of benzene rings is 2. The summed E-state index contributed by atoms with van der Waals surface area (Å²) in [6, 6.07) is 9.69. The second-order valence-electron chi connectivity index (χ2n) is 8.57. The molecule has 1 heterocycles. The summed E-state index contributed by atoms with van der Waals surface area (Å²) in [5, 5.41) is 19.7. The van der Waals surface area contributed by atoms with E-state index in [9.17, 15) is 14.4 Å². The molecule has 0 unspecified atom stereocenters. The fourth-order valence-corrected chi connectivity index (χ4v) is 4.21. The van der Waals surface area contributed by atoms with E-state index in [0.717, 1.165) is 12.8 Å². The summed E-state index contributed by atoms with van der Waals surface area (Å²) in [4.78, 5) is 0. The lowest BCUT2D eigenvalue weighted by atomic mass is 9.75. The van der Waals surface area contributed by atoms with Crippen molar-refractivity contribution in [3.8, 4) is 11.1 Å². The van der Waals surface area contributed by atoms with Gasteiger partial charge < -0.3 is 19.5 Å². The molecule has 3 rings (SSSR count). The number of halogens is 2. The molecule has 174 valence electrons. The first-order valence-corrected chi connectivity index (χ1v) is 11.7. The van der Waals surface area contributed by atoms with E-state index >= 15 is 4.39 Å². The molecule has 0 bridgehead atoms. The molecule has 0 spiro atoms. The number of ether oxygens (including phenoxy) is 2. The third-order valence-corrected chi connectivity index (χ3v) is 6.06. The topological polar surface area (TPSA) is 58.9 Å². The number of rotatable bonds is 11. The van der Waals surface area contributed by atoms with Crippen LogP contribution >= 0.6 is 0 Å². The van der Waals surface area contributed by atoms with E-state index in [4.69, 9.17) is 9.47 Å². The van der Waals surface area contributed by atoms with Crippen molar-refractivity contribution in [3.05, 3.63) is 53.6 Å². The molecule has 32 heavy (non-hydrogen) atoms. The van der Waals surface area contributed by atoms with Gasteiger partial charge >= 0.3 is 7.12 Å². The van der Waals surface area contributed by atoms with Gasteiger partial charge in [-0.15, -0.1) is 0 Å². The molecular weight excluding hydrogens is 413 g/mol. The van der Waals surface area contributed by atoms with Crippen LogP contribution in [0.4, 0.5) is 8.78 Å². The second kappa shape index (κ2) is 12.4. The minimum absolute atomic E-state index is 0.0393. The standard InChI is InChI=1S/C25H33BF2O4/c1-2-3-4-5-6-7-9-12-18-16-31-25(32-17-18)22-21(26(29)30)15-20(23(27)24(22)28)19-13-10-8-11-14-19/h8,10-11,13-15,18,25,29-30H,2-7,9,12,16-17H2,1H3. The van der Waals surface area contributed by atoms with Crippen LogP contribution in [0.15, 0.2) is 36.4 Å². The molecular formula is C25H33BF2O4. The minimum Gasteiger partial charge on any atom is -0.423 e. The molecule has 4 nitrogen and oxygen atoms in total. The summed E-state index contributed by atoms with van der Waals surface area (Å²) in [6.07, 6.45) is 8.37. The van der Waals surface area contributed by atoms with Crippen LogP contribution < -0.4 is 5.46 Å². The predicted octanol–water partition coefficient (Wildman–Crippen LogP) is 5.11. The van der Waals surface area contributed by atoms with Gasteiger partial charge in [0.1, 0.15) is 0 Å². The summed E-state index contributed by atoms with van der Waals surface area (Å²) in [5.74, 6) is -2.04. The van der Waals surface area contributed by atoms with Crippen LogP contribution in [-0.2, 0) is 9.47 Å². The van der Waals surface area contributed by atoms with Gasteiger partial charge in [0.2, 0.25) is 0 Å². The van der Waals surface area contributed by atoms with Gasteiger partial charge in [0.05, 0.1) is 13.2 Å². The number of hydrogen-bond acceptors (Lipinski definition) is 4. The quantitative estimate of drug-likeness (QED) is 0.372. The summed E-state index contributed by atoms with van der Waals surface area (Å²) in [7, 11) is -1.99. The molecule has 0 aromatic heterocycles. The first-order chi connectivity index (χ1) is 15.5. The van der Waals surface area contributed by atoms with Crippen LogP contribution in [0.25, 0.3) is 11.1 Å². The summed E-state index contributed by atoms with van der Waals surface area (Å²) in [5.41, 5.74) is -0.0370. The number of unbranched alkanes of at least 4 members (excludes halogenated alkanes) is 6. The SMILES string of the molecule is CCCCCCCCCC1COC(c2c(B(O)O)cc(-c3ccccc3)c(F)c2F)OC1. The first-order valence-electron chi connectivity index (χ1n) is 11.7. The van der Waals surface area contributed by atoms with E-state index in [2.05, 4.69) is 6.92 Å². The molecule has 2 aromatic rings. The maximum absolute atomic E-state index is 15.1. The molecule has 7 heteroatoms. The molecule has 1 aliphatic rings. The Morgan fingerprint density at radius 1 is 0.906 bits per heavy atom. The van der Waals surface area contributed by atoms with Crippen molar-refractivity contribution in [1.29, 1.82) is 0 Å². The van der Waals surface area contributed by atoms with Crippen molar-refractivity contribution < 1.29 is 28.3 Å². The summed E-state index contributed by atoms with van der Waals surface area (Å²) >= 11 is 0. The Kier molecular flexibility index (Phi) is 9.66. The molecule has 1 aliphatic heterocycles. The van der Waals surface area contributed by atoms with Crippen LogP contribution in [0.1, 0.15) is 70.1 Å². The molecule has 1 fully saturated rings. The fraction of sp³-hybridized carbons (Fsp3) is 0.520. The lowest BCUT2D eigenvalue weighted by Gasteiger charge is -2.31. The van der Waals surface area contributed by atoms with Gasteiger partial charge in [-0.1, -0.05) is 88.3 Å². The third kappa shape index (κ3) is 6.38. The minimum atomic E-state index is -1.99. The Bertz CT molecular complexity index is 840. The van der Waals surface area contributed by atoms with Crippen LogP contribution in [0.5, 0.6) is 0 Å². The molecule has 0 radical (unpaired) electrons. The molecule has 0 saturated carbocycles. The monoisotopic (exact) mass is 446 g/mol. The Labute approximate surface area is 189 Å². The van der Waals surface area contributed by atoms with Gasteiger partial charge in [0, 0.05) is 17.0 Å². The number of hydrogen-bond donors (Lipinski definition) is 2. The van der Waals surface area contributed by atoms with E-state index in [1.165, 1.54) is 44.6 Å². The van der Waals surface area contributed by atoms with Gasteiger partial charge in [-0.2, -0.15) is 0 Å². The van der Waals surface area contributed by atoms with E-state index in [1.54, 1.807) is 30.3 Å². The average molecular weight is 446 g/mol. The fourth-order valence-electron chi connectivity index (χ4n) is 4.21. The van der Waals surface area contributed by atoms with Crippen LogP contribution in [0.2, 0.25) is 0 Å². The molecule has 0 atom stereocenters. The van der Waals surface area contributed by atoms with Crippen molar-refractivity contribution in [2.75, 3.05) is 13.2 Å². The van der Waals surface area contributed by atoms with Gasteiger partial charge in [-0.3, -0.25) is 0 Å². The van der Waals surface area contributed by atoms with Gasteiger partial charge in [-0.05, 0) is 17.4 Å². The Balaban J connectivity index is 1.63. The van der Waals surface area contributed by atoms with Crippen molar-refractivity contribution in [1.82, 2.24) is 0 Å². The highest BCUT2D eigenvalue weighted by atomic mass is 19.2. The zero-order chi connectivity index (χ0) is 22.9. The maximum Gasteiger partial charge on any atom is 0.489 e. The lowest BCUT2D eigenvalue weighted by Crippen LogP contribution is -2.39. The Morgan fingerprint density at radius 2 is 1.53 bits per heavy atom. The van der Waals surface area contributed by atoms with Crippen molar-refractivity contribution in [3.63, 3.8) is 0 Å². The molecule has 0 aliphatic carbocycles. The highest BCUT2D eigenvalue weighted by Crippen LogP contribution is 2.32. The van der Waals surface area contributed by atoms with Crippen molar-refractivity contribution in [2.24, 2.45) is 5.92 Å². The van der Waals surface area contributed by atoms with E-state index in [1.807, 2.05) is 0 Å². The zero-order valence-corrected chi connectivity index (χ0v) is 18.7. The highest BCUT2D eigenvalue weighted by Gasteiger charge is 2.33. The molecule has 0 amide bonds. The van der Waals surface area contributed by atoms with Crippen molar-refractivity contribution in [2.45, 2.75) is 64.6 Å². The molecule has 2 aromatic carbocycles. The Hall–Kier alpha value is -1.80. The maximum atomic E-state index is 15.1. The predicted molar refractivity (Wildman–Crippen MR) is 122 cm³/mol. The third-order valence-electron chi connectivity index (χ3n) is 6.06. The molecule has 1 saturated heterocycles. The summed E-state index contributed by atoms with van der Waals surface area (Å²) in [6.45, 7) is 2.93. The largest absolute Gasteiger partial charge is 0.489 e. The van der Waals surface area contributed by atoms with Crippen molar-refractivity contribution >= 4 is 12.6 Å². The Morgan fingerprint density at radius 3 is 2.16 bits per heavy atom. The van der Waals surface area contributed by atoms with Crippen LogP contribution in [0.3, 0.4) is 0 Å². The second-order valence-corrected chi connectivity index (χ2v) is 8.57. The van der Waals surface area contributed by atoms with E-state index < -0.39 is 25.0 Å². The summed E-state index contributed by atoms with van der Waals surface area (Å²) < 4.78 is 41.4.